The molecule has 31 heavy (non-hydrogen) atoms. The van der Waals surface area contributed by atoms with Crippen LogP contribution in [0.1, 0.15) is 34.0 Å². The van der Waals surface area contributed by atoms with E-state index in [1.54, 1.807) is 31.2 Å². The Morgan fingerprint density at radius 1 is 0.935 bits per heavy atom. The van der Waals surface area contributed by atoms with Crippen LogP contribution < -0.4 is 10.1 Å². The summed E-state index contributed by atoms with van der Waals surface area (Å²) in [5.41, 5.74) is 3.90. The largest absolute Gasteiger partial charge is 0.480 e. The van der Waals surface area contributed by atoms with Gasteiger partial charge in [-0.1, -0.05) is 66.7 Å². The van der Waals surface area contributed by atoms with Gasteiger partial charge in [0.15, 0.2) is 6.10 Å². The van der Waals surface area contributed by atoms with Crippen molar-refractivity contribution in [1.82, 2.24) is 10.2 Å². The molecule has 2 amide bonds. The Hall–Kier alpha value is -3.60. The lowest BCUT2D eigenvalue weighted by Gasteiger charge is -2.31. The lowest BCUT2D eigenvalue weighted by molar-refractivity contribution is -0.138. The van der Waals surface area contributed by atoms with Crippen molar-refractivity contribution in [3.63, 3.8) is 0 Å². The third-order valence-electron chi connectivity index (χ3n) is 5.52. The second-order valence-corrected chi connectivity index (χ2v) is 7.70. The Labute approximate surface area is 182 Å². The molecular formula is C26H26N2O3. The highest BCUT2D eigenvalue weighted by Crippen LogP contribution is 2.23. The number of ether oxygens (including phenoxy) is 1. The van der Waals surface area contributed by atoms with Gasteiger partial charge in [0.25, 0.3) is 11.8 Å². The number of nitrogens with zero attached hydrogens (tertiary/aromatic N) is 1. The number of fused-ring (bicyclic) bond motifs is 1. The Morgan fingerprint density at radius 2 is 1.61 bits per heavy atom. The maximum absolute atomic E-state index is 13.0. The summed E-state index contributed by atoms with van der Waals surface area (Å²) in [6, 6.07) is 25.0. The van der Waals surface area contributed by atoms with Crippen LogP contribution in [0.25, 0.3) is 0 Å². The summed E-state index contributed by atoms with van der Waals surface area (Å²) >= 11 is 0. The number of carbonyl (C=O) groups excluding carboxylic acids is 2. The van der Waals surface area contributed by atoms with Gasteiger partial charge < -0.3 is 15.0 Å². The number of para-hydroxylation sites is 1. The molecule has 158 valence electrons. The van der Waals surface area contributed by atoms with Crippen molar-refractivity contribution in [2.24, 2.45) is 0 Å². The van der Waals surface area contributed by atoms with E-state index in [1.807, 2.05) is 47.4 Å². The van der Waals surface area contributed by atoms with Gasteiger partial charge in [-0.15, -0.1) is 0 Å². The van der Waals surface area contributed by atoms with Gasteiger partial charge in [0.1, 0.15) is 5.75 Å². The van der Waals surface area contributed by atoms with E-state index in [9.17, 15) is 9.59 Å². The fraction of sp³-hybridized carbons (Fsp3) is 0.231. The van der Waals surface area contributed by atoms with Gasteiger partial charge in [0, 0.05) is 19.6 Å². The molecule has 0 aliphatic carbocycles. The summed E-state index contributed by atoms with van der Waals surface area (Å²) in [6.45, 7) is 3.42. The van der Waals surface area contributed by atoms with Gasteiger partial charge in [0.05, 0.1) is 5.56 Å². The van der Waals surface area contributed by atoms with E-state index in [0.29, 0.717) is 30.9 Å². The molecule has 1 N–H and O–H groups in total. The lowest BCUT2D eigenvalue weighted by atomic mass is 9.99. The molecule has 3 aromatic rings. The van der Waals surface area contributed by atoms with Gasteiger partial charge in [-0.2, -0.15) is 0 Å². The first-order valence-corrected chi connectivity index (χ1v) is 10.5. The first-order chi connectivity index (χ1) is 15.1. The molecule has 1 atom stereocenters. The molecule has 0 spiro atoms. The number of carbonyl (C=O) groups is 2. The van der Waals surface area contributed by atoms with Crippen molar-refractivity contribution in [2.45, 2.75) is 32.5 Å². The quantitative estimate of drug-likeness (QED) is 0.664. The summed E-state index contributed by atoms with van der Waals surface area (Å²) in [5, 5.41) is 2.92. The van der Waals surface area contributed by atoms with Crippen molar-refractivity contribution in [1.29, 1.82) is 0 Å². The van der Waals surface area contributed by atoms with Crippen molar-refractivity contribution in [2.75, 3.05) is 6.54 Å². The van der Waals surface area contributed by atoms with E-state index in [-0.39, 0.29) is 11.8 Å². The minimum absolute atomic E-state index is 0.0750. The predicted octanol–water partition coefficient (Wildman–Crippen LogP) is 3.97. The minimum Gasteiger partial charge on any atom is -0.480 e. The fourth-order valence-electron chi connectivity index (χ4n) is 3.81. The van der Waals surface area contributed by atoms with Crippen LogP contribution in [0.4, 0.5) is 0 Å². The van der Waals surface area contributed by atoms with E-state index in [4.69, 9.17) is 4.74 Å². The summed E-state index contributed by atoms with van der Waals surface area (Å²) in [7, 11) is 0. The third-order valence-corrected chi connectivity index (χ3v) is 5.52. The number of amides is 2. The van der Waals surface area contributed by atoms with Crippen molar-refractivity contribution in [3.8, 4) is 5.75 Å². The molecule has 0 saturated carbocycles. The van der Waals surface area contributed by atoms with E-state index < -0.39 is 6.10 Å². The normalized spacial score (nSPS) is 13.8. The molecular weight excluding hydrogens is 388 g/mol. The lowest BCUT2D eigenvalue weighted by Crippen LogP contribution is -2.43. The first kappa shape index (κ1) is 20.7. The molecule has 5 heteroatoms. The highest BCUT2D eigenvalue weighted by atomic mass is 16.5. The zero-order chi connectivity index (χ0) is 21.6. The first-order valence-electron chi connectivity index (χ1n) is 10.5. The van der Waals surface area contributed by atoms with Gasteiger partial charge in [0.2, 0.25) is 0 Å². The number of rotatable bonds is 6. The van der Waals surface area contributed by atoms with Crippen LogP contribution in [0, 0.1) is 0 Å². The van der Waals surface area contributed by atoms with Crippen LogP contribution in [-0.2, 0) is 24.3 Å². The van der Waals surface area contributed by atoms with Crippen LogP contribution in [0.2, 0.25) is 0 Å². The molecule has 1 aliphatic rings. The second-order valence-electron chi connectivity index (χ2n) is 7.70. The zero-order valence-corrected chi connectivity index (χ0v) is 17.6. The summed E-state index contributed by atoms with van der Waals surface area (Å²) in [5.74, 6) is 0.103. The van der Waals surface area contributed by atoms with E-state index in [2.05, 4.69) is 17.4 Å². The highest BCUT2D eigenvalue weighted by molar-refractivity contribution is 5.97. The van der Waals surface area contributed by atoms with Gasteiger partial charge in [-0.25, -0.2) is 0 Å². The van der Waals surface area contributed by atoms with Crippen LogP contribution in [-0.4, -0.2) is 29.4 Å². The zero-order valence-electron chi connectivity index (χ0n) is 17.6. The molecule has 1 aliphatic heterocycles. The molecule has 0 unspecified atom stereocenters. The molecule has 0 bridgehead atoms. The van der Waals surface area contributed by atoms with E-state index >= 15 is 0 Å². The second kappa shape index (κ2) is 9.47. The Kier molecular flexibility index (Phi) is 6.32. The van der Waals surface area contributed by atoms with Crippen molar-refractivity contribution >= 4 is 11.8 Å². The van der Waals surface area contributed by atoms with Gasteiger partial charge >= 0.3 is 0 Å². The van der Waals surface area contributed by atoms with Crippen LogP contribution in [0.3, 0.4) is 0 Å². The number of hydrogen-bond acceptors (Lipinski definition) is 3. The average Bonchev–Trinajstić information content (AvgIpc) is 2.82. The topological polar surface area (TPSA) is 58.6 Å². The Bertz CT molecular complexity index is 1070. The third kappa shape index (κ3) is 4.94. The molecule has 0 fully saturated rings. The Balaban J connectivity index is 1.41. The molecule has 0 saturated heterocycles. The molecule has 1 heterocycles. The average molecular weight is 415 g/mol. The standard InChI is InChI=1S/C26H26N2O3/c1-19(26(30)28-16-15-21-11-5-6-12-22(21)18-28)31-24-14-8-7-13-23(24)25(29)27-17-20-9-3-2-4-10-20/h2-14,19H,15-18H2,1H3,(H,27,29)/t19-/m1/s1. The molecule has 5 nitrogen and oxygen atoms in total. The molecule has 0 radical (unpaired) electrons. The minimum atomic E-state index is -0.687. The molecule has 3 aromatic carbocycles. The number of hydrogen-bond donors (Lipinski definition) is 1. The monoisotopic (exact) mass is 414 g/mol. The SMILES string of the molecule is C[C@@H](Oc1ccccc1C(=O)NCc1ccccc1)C(=O)N1CCc2ccccc2C1. The fourth-order valence-corrected chi connectivity index (χ4v) is 3.81. The van der Waals surface area contributed by atoms with Crippen LogP contribution in [0.15, 0.2) is 78.9 Å². The van der Waals surface area contributed by atoms with E-state index in [0.717, 1.165) is 12.0 Å². The van der Waals surface area contributed by atoms with Gasteiger partial charge in [-0.05, 0) is 42.2 Å². The van der Waals surface area contributed by atoms with E-state index in [1.165, 1.54) is 11.1 Å². The smallest absolute Gasteiger partial charge is 0.263 e. The highest BCUT2D eigenvalue weighted by Gasteiger charge is 2.26. The number of nitrogens with one attached hydrogen (secondary N) is 1. The van der Waals surface area contributed by atoms with Gasteiger partial charge in [-0.3, -0.25) is 9.59 Å². The van der Waals surface area contributed by atoms with Crippen molar-refractivity contribution < 1.29 is 14.3 Å². The Morgan fingerprint density at radius 3 is 2.42 bits per heavy atom. The molecule has 0 aromatic heterocycles. The van der Waals surface area contributed by atoms with Crippen molar-refractivity contribution in [3.05, 3.63) is 101 Å². The summed E-state index contributed by atoms with van der Waals surface area (Å²) in [4.78, 5) is 27.6. The maximum Gasteiger partial charge on any atom is 0.263 e. The molecule has 4 rings (SSSR count). The number of benzene rings is 3. The maximum atomic E-state index is 13.0. The van der Waals surface area contributed by atoms with Crippen LogP contribution >= 0.6 is 0 Å². The summed E-state index contributed by atoms with van der Waals surface area (Å²) < 4.78 is 5.97. The predicted molar refractivity (Wildman–Crippen MR) is 120 cm³/mol. The summed E-state index contributed by atoms with van der Waals surface area (Å²) in [6.07, 6.45) is 0.154. The van der Waals surface area contributed by atoms with Crippen LogP contribution in [0.5, 0.6) is 5.75 Å².